The van der Waals surface area contributed by atoms with Gasteiger partial charge in [0.15, 0.2) is 23.0 Å². The molecular weight excluding hydrogens is 576 g/mol. The van der Waals surface area contributed by atoms with Crippen LogP contribution < -0.4 is 14.4 Å². The van der Waals surface area contributed by atoms with Crippen LogP contribution >= 0.6 is 0 Å². The summed E-state index contributed by atoms with van der Waals surface area (Å²) in [5, 5.41) is 2.46. The number of nitrogens with zero attached hydrogens (tertiary/aromatic N) is 2. The van der Waals surface area contributed by atoms with E-state index < -0.39 is 0 Å². The van der Waals surface area contributed by atoms with Crippen LogP contribution in [0.3, 0.4) is 0 Å². The van der Waals surface area contributed by atoms with Crippen LogP contribution in [0.4, 0.5) is 11.4 Å². The van der Waals surface area contributed by atoms with Crippen molar-refractivity contribution in [3.8, 4) is 28.7 Å². The Hall–Kier alpha value is -5.74. The highest BCUT2D eigenvalue weighted by molar-refractivity contribution is 6.10. The lowest BCUT2D eigenvalue weighted by Gasteiger charge is -2.35. The molecule has 1 aliphatic heterocycles. The van der Waals surface area contributed by atoms with Crippen molar-refractivity contribution in [1.29, 1.82) is 0 Å². The third-order valence-corrected chi connectivity index (χ3v) is 9.68. The maximum Gasteiger partial charge on any atom is 0.172 e. The summed E-state index contributed by atoms with van der Waals surface area (Å²) in [6.45, 7) is 2.30. The second kappa shape index (κ2) is 11.3. The average molecular weight is 611 g/mol. The van der Waals surface area contributed by atoms with Gasteiger partial charge in [-0.3, -0.25) is 0 Å². The van der Waals surface area contributed by atoms with E-state index in [9.17, 15) is 0 Å². The molecule has 5 aromatic carbocycles. The fourth-order valence-electron chi connectivity index (χ4n) is 7.36. The number of allylic oxidation sites excluding steroid dienone is 6. The summed E-state index contributed by atoms with van der Waals surface area (Å²) in [6, 6.07) is 40.4. The molecule has 0 saturated heterocycles. The number of anilines is 2. The first kappa shape index (κ1) is 27.6. The molecule has 4 nitrogen and oxygen atoms in total. The minimum Gasteiger partial charge on any atom is -0.450 e. The van der Waals surface area contributed by atoms with E-state index in [1.165, 1.54) is 27.4 Å². The molecule has 3 atom stereocenters. The van der Waals surface area contributed by atoms with E-state index in [0.717, 1.165) is 46.5 Å². The maximum atomic E-state index is 6.38. The number of benzene rings is 5. The molecule has 3 aliphatic rings. The molecule has 0 spiro atoms. The Labute approximate surface area is 274 Å². The van der Waals surface area contributed by atoms with Crippen molar-refractivity contribution in [2.75, 3.05) is 4.90 Å². The van der Waals surface area contributed by atoms with Crippen molar-refractivity contribution in [1.82, 2.24) is 4.57 Å². The molecule has 3 unspecified atom stereocenters. The van der Waals surface area contributed by atoms with Crippen molar-refractivity contribution in [3.05, 3.63) is 163 Å². The van der Waals surface area contributed by atoms with Gasteiger partial charge >= 0.3 is 0 Å². The highest BCUT2D eigenvalue weighted by Gasteiger charge is 2.27. The van der Waals surface area contributed by atoms with Gasteiger partial charge in [0.25, 0.3) is 0 Å². The van der Waals surface area contributed by atoms with E-state index in [4.69, 9.17) is 9.47 Å². The molecule has 0 saturated carbocycles. The lowest BCUT2D eigenvalue weighted by atomic mass is 9.81. The van der Waals surface area contributed by atoms with Crippen LogP contribution in [0.1, 0.15) is 13.3 Å². The van der Waals surface area contributed by atoms with Gasteiger partial charge in [0.2, 0.25) is 0 Å². The number of rotatable bonds is 5. The molecule has 47 heavy (non-hydrogen) atoms. The Morgan fingerprint density at radius 2 is 1.30 bits per heavy atom. The fraction of sp³-hybridized carbons (Fsp3) is 0.116. The predicted molar refractivity (Wildman–Crippen MR) is 193 cm³/mol. The first-order valence-electron chi connectivity index (χ1n) is 16.4. The zero-order chi connectivity index (χ0) is 31.3. The molecule has 228 valence electrons. The molecule has 4 heteroatoms. The van der Waals surface area contributed by atoms with E-state index in [-0.39, 0.29) is 6.04 Å². The topological polar surface area (TPSA) is 26.6 Å². The molecule has 0 bridgehead atoms. The smallest absolute Gasteiger partial charge is 0.172 e. The van der Waals surface area contributed by atoms with Gasteiger partial charge in [-0.1, -0.05) is 98.0 Å². The summed E-state index contributed by atoms with van der Waals surface area (Å²) in [5.41, 5.74) is 7.11. The van der Waals surface area contributed by atoms with Crippen molar-refractivity contribution >= 4 is 33.2 Å². The van der Waals surface area contributed by atoms with Crippen LogP contribution in [0.25, 0.3) is 27.5 Å². The summed E-state index contributed by atoms with van der Waals surface area (Å²) >= 11 is 0. The summed E-state index contributed by atoms with van der Waals surface area (Å²) in [7, 11) is 0. The van der Waals surface area contributed by atoms with Crippen LogP contribution in [0.15, 0.2) is 163 Å². The number of ether oxygens (including phenoxy) is 2. The third kappa shape index (κ3) is 4.76. The van der Waals surface area contributed by atoms with Gasteiger partial charge in [-0.15, -0.1) is 0 Å². The molecule has 2 aliphatic carbocycles. The maximum absolute atomic E-state index is 6.38. The summed E-state index contributed by atoms with van der Waals surface area (Å²) < 4.78 is 15.0. The Bertz CT molecular complexity index is 2270. The van der Waals surface area contributed by atoms with Gasteiger partial charge in [0.1, 0.15) is 0 Å². The van der Waals surface area contributed by atoms with Crippen LogP contribution in [0.5, 0.6) is 23.0 Å². The first-order chi connectivity index (χ1) is 23.2. The van der Waals surface area contributed by atoms with Crippen LogP contribution in [0.2, 0.25) is 0 Å². The zero-order valence-electron chi connectivity index (χ0n) is 26.2. The van der Waals surface area contributed by atoms with Gasteiger partial charge < -0.3 is 18.9 Å². The molecule has 1 aromatic heterocycles. The summed E-state index contributed by atoms with van der Waals surface area (Å²) in [5.74, 6) is 3.79. The van der Waals surface area contributed by atoms with E-state index in [2.05, 4.69) is 144 Å². The fourth-order valence-corrected chi connectivity index (χ4v) is 7.36. The number of hydrogen-bond donors (Lipinski definition) is 0. The normalized spacial score (nSPS) is 19.5. The molecule has 2 heterocycles. The molecule has 0 fully saturated rings. The van der Waals surface area contributed by atoms with Gasteiger partial charge in [0.05, 0.1) is 17.1 Å². The number of para-hydroxylation sites is 4. The number of fused-ring (bicyclic) bond motifs is 5. The Kier molecular flexibility index (Phi) is 6.60. The van der Waals surface area contributed by atoms with E-state index in [1.807, 2.05) is 30.3 Å². The largest absolute Gasteiger partial charge is 0.450 e. The summed E-state index contributed by atoms with van der Waals surface area (Å²) in [4.78, 5) is 2.45. The van der Waals surface area contributed by atoms with E-state index in [1.54, 1.807) is 0 Å². The highest BCUT2D eigenvalue weighted by atomic mass is 16.6. The monoisotopic (exact) mass is 610 g/mol. The van der Waals surface area contributed by atoms with Crippen molar-refractivity contribution < 1.29 is 9.47 Å². The summed E-state index contributed by atoms with van der Waals surface area (Å²) in [6.07, 6.45) is 17.0. The molecule has 0 amide bonds. The standard InChI is InChI=1S/C43H34N2O2/c1-29-11-5-6-14-35(29)30-19-21-32(22-20-30)44(34-24-26-42-43(28-34)47-41-18-10-9-17-40(41)46-42)33-23-25-39-37(27-33)36-15-7-8-16-38(36)45(39)31-12-3-2-4-13-31/h2-21,23-29,32,35H,22H2,1H3. The van der Waals surface area contributed by atoms with Crippen LogP contribution in [-0.4, -0.2) is 10.6 Å². The second-order valence-corrected chi connectivity index (χ2v) is 12.6. The van der Waals surface area contributed by atoms with Crippen LogP contribution in [0, 0.1) is 11.8 Å². The Morgan fingerprint density at radius 1 is 0.617 bits per heavy atom. The average Bonchev–Trinajstić information content (AvgIpc) is 3.45. The van der Waals surface area contributed by atoms with Gasteiger partial charge in [-0.25, -0.2) is 0 Å². The minimum atomic E-state index is 0.118. The number of aromatic nitrogens is 1. The van der Waals surface area contributed by atoms with Crippen molar-refractivity contribution in [2.24, 2.45) is 11.8 Å². The zero-order valence-corrected chi connectivity index (χ0v) is 26.2. The SMILES string of the molecule is CC1C=CC=CC1C1=CCC(N(c2ccc3c(c2)Oc2ccccc2O3)c2ccc3c(c2)c2ccccc2n3-c2ccccc2)C=C1. The molecule has 9 rings (SSSR count). The van der Waals surface area contributed by atoms with Crippen LogP contribution in [-0.2, 0) is 0 Å². The Morgan fingerprint density at radius 3 is 2.11 bits per heavy atom. The van der Waals surface area contributed by atoms with Crippen molar-refractivity contribution in [3.63, 3.8) is 0 Å². The van der Waals surface area contributed by atoms with Crippen molar-refractivity contribution in [2.45, 2.75) is 19.4 Å². The van der Waals surface area contributed by atoms with Gasteiger partial charge in [-0.2, -0.15) is 0 Å². The van der Waals surface area contributed by atoms with E-state index >= 15 is 0 Å². The highest BCUT2D eigenvalue weighted by Crippen LogP contribution is 2.48. The predicted octanol–water partition coefficient (Wildman–Crippen LogP) is 11.5. The van der Waals surface area contributed by atoms with Gasteiger partial charge in [0, 0.05) is 39.8 Å². The Balaban J connectivity index is 1.16. The third-order valence-electron chi connectivity index (χ3n) is 9.68. The molecule has 6 aromatic rings. The molecular formula is C43H34N2O2. The minimum absolute atomic E-state index is 0.118. The quantitative estimate of drug-likeness (QED) is 0.194. The molecule has 0 N–H and O–H groups in total. The lowest BCUT2D eigenvalue weighted by Crippen LogP contribution is -2.30. The van der Waals surface area contributed by atoms with Gasteiger partial charge in [-0.05, 0) is 78.6 Å². The lowest BCUT2D eigenvalue weighted by molar-refractivity contribution is 0.359. The van der Waals surface area contributed by atoms with E-state index in [0.29, 0.717) is 11.8 Å². The first-order valence-corrected chi connectivity index (χ1v) is 16.4. The molecule has 0 radical (unpaired) electrons. The number of hydrogen-bond acceptors (Lipinski definition) is 3. The second-order valence-electron chi connectivity index (χ2n) is 12.6.